The monoisotopic (exact) mass is 279 g/mol. The molecule has 3 nitrogen and oxygen atoms in total. The van der Waals surface area contributed by atoms with Gasteiger partial charge >= 0.3 is 0 Å². The summed E-state index contributed by atoms with van der Waals surface area (Å²) in [6.45, 7) is 0. The Morgan fingerprint density at radius 1 is 1.00 bits per heavy atom. The van der Waals surface area contributed by atoms with Gasteiger partial charge in [0.25, 0.3) is 5.91 Å². The molecular formula is C18H17NO2. The Bertz CT molecular complexity index is 679. The van der Waals surface area contributed by atoms with Crippen LogP contribution in [-0.4, -0.2) is 29.1 Å². The molecule has 1 aliphatic heterocycles. The Morgan fingerprint density at radius 2 is 1.67 bits per heavy atom. The number of aliphatic hydroxyl groups excluding tert-OH is 1. The van der Waals surface area contributed by atoms with E-state index >= 15 is 0 Å². The van der Waals surface area contributed by atoms with E-state index in [1.165, 1.54) is 4.90 Å². The zero-order chi connectivity index (χ0) is 14.8. The number of carbonyl (C=O) groups is 1. The summed E-state index contributed by atoms with van der Waals surface area (Å²) in [6.07, 6.45) is 2.52. The predicted molar refractivity (Wildman–Crippen MR) is 82.5 cm³/mol. The van der Waals surface area contributed by atoms with Gasteiger partial charge in [0.05, 0.1) is 0 Å². The van der Waals surface area contributed by atoms with Gasteiger partial charge in [0.1, 0.15) is 6.10 Å². The van der Waals surface area contributed by atoms with E-state index in [9.17, 15) is 9.90 Å². The van der Waals surface area contributed by atoms with E-state index in [1.54, 1.807) is 13.2 Å². The maximum absolute atomic E-state index is 12.3. The molecule has 1 N–H and O–H groups in total. The van der Waals surface area contributed by atoms with E-state index in [-0.39, 0.29) is 11.8 Å². The highest BCUT2D eigenvalue weighted by Crippen LogP contribution is 2.33. The van der Waals surface area contributed by atoms with Crippen LogP contribution in [0.15, 0.2) is 60.8 Å². The van der Waals surface area contributed by atoms with E-state index in [0.717, 1.165) is 16.7 Å². The molecule has 2 aromatic carbocycles. The summed E-state index contributed by atoms with van der Waals surface area (Å²) in [6, 6.07) is 17.5. The molecule has 1 amide bonds. The summed E-state index contributed by atoms with van der Waals surface area (Å²) in [4.78, 5) is 13.8. The van der Waals surface area contributed by atoms with Gasteiger partial charge in [-0.1, -0.05) is 54.6 Å². The molecular weight excluding hydrogens is 262 g/mol. The van der Waals surface area contributed by atoms with Gasteiger partial charge < -0.3 is 10.0 Å². The van der Waals surface area contributed by atoms with Crippen molar-refractivity contribution in [3.8, 4) is 0 Å². The fourth-order valence-electron chi connectivity index (χ4n) is 2.75. The smallest absolute Gasteiger partial charge is 0.256 e. The number of fused-ring (bicyclic) bond motifs is 1. The molecule has 0 aromatic heterocycles. The number of carbonyl (C=O) groups excluding carboxylic acids is 1. The van der Waals surface area contributed by atoms with Crippen LogP contribution in [-0.2, 0) is 4.79 Å². The molecule has 21 heavy (non-hydrogen) atoms. The first kappa shape index (κ1) is 13.6. The van der Waals surface area contributed by atoms with Crippen molar-refractivity contribution in [1.82, 2.24) is 4.90 Å². The van der Waals surface area contributed by atoms with E-state index < -0.39 is 6.10 Å². The van der Waals surface area contributed by atoms with Crippen LogP contribution < -0.4 is 0 Å². The standard InChI is InChI=1S/C18H17NO2/c1-19-12-11-13-7-5-6-10-15(13)16(17(20)18(19)21)14-8-3-2-4-9-14/h2-12,16-17,20H,1H3/b12-11-/t16-,17+/m1/s1. The number of hydrogen-bond donors (Lipinski definition) is 1. The molecule has 106 valence electrons. The third-order valence-electron chi connectivity index (χ3n) is 3.88. The molecule has 0 fully saturated rings. The minimum absolute atomic E-state index is 0.297. The Kier molecular flexibility index (Phi) is 3.59. The Labute approximate surface area is 124 Å². The number of hydrogen-bond acceptors (Lipinski definition) is 2. The van der Waals surface area contributed by atoms with Gasteiger partial charge in [0.2, 0.25) is 0 Å². The van der Waals surface area contributed by atoms with E-state index in [0.29, 0.717) is 0 Å². The van der Waals surface area contributed by atoms with Crippen LogP contribution in [0.3, 0.4) is 0 Å². The summed E-state index contributed by atoms with van der Waals surface area (Å²) in [5.74, 6) is -0.656. The van der Waals surface area contributed by atoms with Crippen molar-refractivity contribution in [3.63, 3.8) is 0 Å². The third-order valence-corrected chi connectivity index (χ3v) is 3.88. The van der Waals surface area contributed by atoms with Crippen LogP contribution in [0.5, 0.6) is 0 Å². The molecule has 0 bridgehead atoms. The average Bonchev–Trinajstić information content (AvgIpc) is 2.53. The van der Waals surface area contributed by atoms with E-state index in [1.807, 2.05) is 60.7 Å². The summed E-state index contributed by atoms with van der Waals surface area (Å²) in [7, 11) is 1.66. The van der Waals surface area contributed by atoms with Gasteiger partial charge in [-0.3, -0.25) is 4.79 Å². The van der Waals surface area contributed by atoms with Crippen molar-refractivity contribution in [1.29, 1.82) is 0 Å². The minimum atomic E-state index is -1.09. The number of amides is 1. The Balaban J connectivity index is 2.20. The van der Waals surface area contributed by atoms with Crippen molar-refractivity contribution in [2.75, 3.05) is 7.05 Å². The number of rotatable bonds is 1. The summed E-state index contributed by atoms with van der Waals surface area (Å²) in [5, 5.41) is 10.6. The van der Waals surface area contributed by atoms with Gasteiger partial charge in [-0.05, 0) is 22.8 Å². The van der Waals surface area contributed by atoms with Gasteiger partial charge in [-0.25, -0.2) is 0 Å². The molecule has 1 heterocycles. The molecule has 0 radical (unpaired) electrons. The fourth-order valence-corrected chi connectivity index (χ4v) is 2.75. The highest BCUT2D eigenvalue weighted by Gasteiger charge is 2.32. The zero-order valence-electron chi connectivity index (χ0n) is 11.8. The first-order chi connectivity index (χ1) is 10.2. The lowest BCUT2D eigenvalue weighted by Gasteiger charge is -2.29. The largest absolute Gasteiger partial charge is 0.382 e. The van der Waals surface area contributed by atoms with Gasteiger partial charge in [-0.15, -0.1) is 0 Å². The molecule has 0 spiro atoms. The SMILES string of the molecule is CN1/C=C\c2ccccc2[C@@H](c2ccccc2)[C@H](O)C1=O. The highest BCUT2D eigenvalue weighted by molar-refractivity contribution is 5.85. The van der Waals surface area contributed by atoms with Crippen LogP contribution in [0, 0.1) is 0 Å². The van der Waals surface area contributed by atoms with Crippen LogP contribution in [0.4, 0.5) is 0 Å². The molecule has 0 saturated carbocycles. The van der Waals surface area contributed by atoms with Crippen LogP contribution in [0.1, 0.15) is 22.6 Å². The van der Waals surface area contributed by atoms with Gasteiger partial charge in [-0.2, -0.15) is 0 Å². The lowest BCUT2D eigenvalue weighted by molar-refractivity contribution is -0.137. The summed E-state index contributed by atoms with van der Waals surface area (Å²) in [5.41, 5.74) is 2.92. The molecule has 2 aromatic rings. The number of nitrogens with zero attached hydrogens (tertiary/aromatic N) is 1. The second kappa shape index (κ2) is 5.54. The molecule has 0 aliphatic carbocycles. The quantitative estimate of drug-likeness (QED) is 0.871. The molecule has 1 aliphatic rings. The lowest BCUT2D eigenvalue weighted by Crippen LogP contribution is -2.38. The predicted octanol–water partition coefficient (Wildman–Crippen LogP) is 2.62. The average molecular weight is 279 g/mol. The van der Waals surface area contributed by atoms with Crippen molar-refractivity contribution >= 4 is 12.0 Å². The second-order valence-corrected chi connectivity index (χ2v) is 5.23. The van der Waals surface area contributed by atoms with Crippen LogP contribution >= 0.6 is 0 Å². The zero-order valence-corrected chi connectivity index (χ0v) is 11.8. The van der Waals surface area contributed by atoms with Crippen molar-refractivity contribution in [3.05, 3.63) is 77.5 Å². The van der Waals surface area contributed by atoms with E-state index in [2.05, 4.69) is 0 Å². The second-order valence-electron chi connectivity index (χ2n) is 5.23. The van der Waals surface area contributed by atoms with Crippen LogP contribution in [0.25, 0.3) is 6.08 Å². The third kappa shape index (κ3) is 2.48. The maximum Gasteiger partial charge on any atom is 0.256 e. The van der Waals surface area contributed by atoms with Gasteiger partial charge in [0, 0.05) is 19.2 Å². The molecule has 2 atom stereocenters. The number of aliphatic hydroxyl groups is 1. The summed E-state index contributed by atoms with van der Waals surface area (Å²) < 4.78 is 0. The molecule has 0 saturated heterocycles. The lowest BCUT2D eigenvalue weighted by atomic mass is 9.83. The molecule has 0 unspecified atom stereocenters. The fraction of sp³-hybridized carbons (Fsp3) is 0.167. The van der Waals surface area contributed by atoms with Gasteiger partial charge in [0.15, 0.2) is 0 Å². The Hall–Kier alpha value is -2.39. The topological polar surface area (TPSA) is 40.5 Å². The summed E-state index contributed by atoms with van der Waals surface area (Å²) >= 11 is 0. The highest BCUT2D eigenvalue weighted by atomic mass is 16.3. The normalized spacial score (nSPS) is 23.1. The maximum atomic E-state index is 12.3. The minimum Gasteiger partial charge on any atom is -0.382 e. The van der Waals surface area contributed by atoms with Crippen LogP contribution in [0.2, 0.25) is 0 Å². The molecule has 3 heteroatoms. The Morgan fingerprint density at radius 3 is 2.43 bits per heavy atom. The van der Waals surface area contributed by atoms with Crippen molar-refractivity contribution < 1.29 is 9.90 Å². The van der Waals surface area contributed by atoms with Crippen molar-refractivity contribution in [2.24, 2.45) is 0 Å². The number of benzene rings is 2. The van der Waals surface area contributed by atoms with E-state index in [4.69, 9.17) is 0 Å². The van der Waals surface area contributed by atoms with Crippen molar-refractivity contribution in [2.45, 2.75) is 12.0 Å². The first-order valence-electron chi connectivity index (χ1n) is 6.95. The molecule has 3 rings (SSSR count). The first-order valence-corrected chi connectivity index (χ1v) is 6.95. The number of likely N-dealkylation sites (N-methyl/N-ethyl adjacent to an activating group) is 1.